The first-order valence-corrected chi connectivity index (χ1v) is 18.2. The van der Waals surface area contributed by atoms with Gasteiger partial charge in [0, 0.05) is 41.1 Å². The molecule has 1 aromatic heterocycles. The van der Waals surface area contributed by atoms with E-state index in [0.29, 0.717) is 13.1 Å². The molecule has 4 heteroatoms. The molecule has 0 amide bonds. The van der Waals surface area contributed by atoms with Gasteiger partial charge in [-0.1, -0.05) is 153 Å². The van der Waals surface area contributed by atoms with E-state index in [9.17, 15) is 0 Å². The van der Waals surface area contributed by atoms with Gasteiger partial charge in [-0.15, -0.1) is 0 Å². The minimum atomic E-state index is 0.572. The lowest BCUT2D eigenvalue weighted by molar-refractivity contribution is 0.866. The number of aromatic nitrogens is 1. The molecule has 52 heavy (non-hydrogen) atoms. The maximum Gasteiger partial charge on any atom is 0.0544 e. The number of para-hydroxylation sites is 1. The summed E-state index contributed by atoms with van der Waals surface area (Å²) in [5.74, 6) is 0. The fourth-order valence-electron chi connectivity index (χ4n) is 6.87. The average molecular weight is 681 g/mol. The average Bonchev–Trinajstić information content (AvgIpc) is 3.58. The number of rotatable bonds is 4. The Morgan fingerprint density at radius 2 is 1.08 bits per heavy atom. The van der Waals surface area contributed by atoms with E-state index in [-0.39, 0.29) is 0 Å². The summed E-state index contributed by atoms with van der Waals surface area (Å²) in [6.45, 7) is 5.21. The molecular weight excluding hydrogens is 633 g/mol. The van der Waals surface area contributed by atoms with Gasteiger partial charge in [-0.2, -0.15) is 0 Å². The van der Waals surface area contributed by atoms with Crippen molar-refractivity contribution in [1.29, 1.82) is 0 Å². The minimum Gasteiger partial charge on any atom is -0.399 e. The zero-order valence-electron chi connectivity index (χ0n) is 30.2. The van der Waals surface area contributed by atoms with Crippen LogP contribution in [-0.2, 0) is 25.9 Å². The van der Waals surface area contributed by atoms with E-state index in [1.54, 1.807) is 0 Å². The van der Waals surface area contributed by atoms with Crippen molar-refractivity contribution in [3.63, 3.8) is 0 Å². The zero-order chi connectivity index (χ0) is 36.3. The monoisotopic (exact) mass is 680 g/mol. The van der Waals surface area contributed by atoms with Gasteiger partial charge >= 0.3 is 0 Å². The summed E-state index contributed by atoms with van der Waals surface area (Å²) in [4.78, 5) is 0. The number of anilines is 1. The van der Waals surface area contributed by atoms with E-state index < -0.39 is 0 Å². The van der Waals surface area contributed by atoms with Gasteiger partial charge in [0.15, 0.2) is 0 Å². The van der Waals surface area contributed by atoms with Gasteiger partial charge < -0.3 is 21.8 Å². The smallest absolute Gasteiger partial charge is 0.0544 e. The number of hydrogen-bond acceptors (Lipinski definition) is 3. The molecule has 0 atom stereocenters. The van der Waals surface area contributed by atoms with Gasteiger partial charge in [-0.05, 0) is 87.3 Å². The molecule has 0 aliphatic heterocycles. The second-order valence-electron chi connectivity index (χ2n) is 12.5. The fraction of sp³-hybridized carbons (Fsp3) is 0.125. The number of benzene rings is 7. The van der Waals surface area contributed by atoms with Gasteiger partial charge in [-0.3, -0.25) is 0 Å². The third-order valence-corrected chi connectivity index (χ3v) is 9.40. The molecule has 0 radical (unpaired) electrons. The molecule has 8 aromatic rings. The van der Waals surface area contributed by atoms with Crippen LogP contribution in [0.15, 0.2) is 170 Å². The van der Waals surface area contributed by atoms with Crippen LogP contribution in [0.4, 0.5) is 5.69 Å². The highest BCUT2D eigenvalue weighted by molar-refractivity contribution is 6.16. The summed E-state index contributed by atoms with van der Waals surface area (Å²) in [5, 5.41) is 3.99. The highest BCUT2D eigenvalue weighted by Crippen LogP contribution is 2.45. The molecule has 1 heterocycles. The maximum absolute atomic E-state index is 5.78. The van der Waals surface area contributed by atoms with Crippen LogP contribution in [0.25, 0.3) is 49.6 Å². The van der Waals surface area contributed by atoms with Crippen molar-refractivity contribution in [2.75, 3.05) is 5.73 Å². The first-order valence-electron chi connectivity index (χ1n) is 18.2. The van der Waals surface area contributed by atoms with Crippen molar-refractivity contribution in [3.05, 3.63) is 192 Å². The van der Waals surface area contributed by atoms with Crippen molar-refractivity contribution in [3.8, 4) is 27.9 Å². The standard InChI is InChI=1S/C33H26N2.C7H9N.C6H7N.C2H6/c34-21-22-9-11-23(12-10-22)24-13-17-27(18-14-24)35-30-19-15-25-5-1-3-7-28(25)32(30)33-29-8-4-2-6-26(29)16-20-31(33)35;8-6-7-4-2-1-3-5-7;7-6-4-2-1-3-5-6;1-2/h1-15,17-19H,16,20-21,34H2;1-5H,6,8H2;1-5H,7H2;1-2H3. The van der Waals surface area contributed by atoms with E-state index in [2.05, 4.69) is 114 Å². The Bertz CT molecular complexity index is 2320. The van der Waals surface area contributed by atoms with Gasteiger partial charge in [0.25, 0.3) is 0 Å². The van der Waals surface area contributed by atoms with Crippen molar-refractivity contribution < 1.29 is 0 Å². The van der Waals surface area contributed by atoms with Crippen molar-refractivity contribution in [2.24, 2.45) is 11.5 Å². The summed E-state index contributed by atoms with van der Waals surface area (Å²) in [7, 11) is 0. The molecule has 1 aliphatic carbocycles. The second-order valence-corrected chi connectivity index (χ2v) is 12.5. The maximum atomic E-state index is 5.78. The van der Waals surface area contributed by atoms with E-state index in [4.69, 9.17) is 17.2 Å². The van der Waals surface area contributed by atoms with Crippen LogP contribution in [0.3, 0.4) is 0 Å². The van der Waals surface area contributed by atoms with Crippen molar-refractivity contribution in [2.45, 2.75) is 39.8 Å². The molecule has 7 aromatic carbocycles. The molecule has 0 unspecified atom stereocenters. The third kappa shape index (κ3) is 7.84. The highest BCUT2D eigenvalue weighted by Gasteiger charge is 2.26. The van der Waals surface area contributed by atoms with Gasteiger partial charge in [0.05, 0.1) is 5.52 Å². The predicted octanol–water partition coefficient (Wildman–Crippen LogP) is 11.1. The van der Waals surface area contributed by atoms with Crippen LogP contribution in [0, 0.1) is 0 Å². The Balaban J connectivity index is 0.000000225. The van der Waals surface area contributed by atoms with E-state index in [0.717, 1.165) is 24.1 Å². The Labute approximate surface area is 308 Å². The van der Waals surface area contributed by atoms with E-state index in [1.165, 1.54) is 66.4 Å². The van der Waals surface area contributed by atoms with Crippen LogP contribution < -0.4 is 17.2 Å². The van der Waals surface area contributed by atoms with Gasteiger partial charge in [-0.25, -0.2) is 0 Å². The number of nitrogens with two attached hydrogens (primary N) is 3. The van der Waals surface area contributed by atoms with Crippen molar-refractivity contribution >= 4 is 27.4 Å². The topological polar surface area (TPSA) is 83.0 Å². The lowest BCUT2D eigenvalue weighted by atomic mass is 9.87. The first kappa shape index (κ1) is 35.9. The molecule has 260 valence electrons. The lowest BCUT2D eigenvalue weighted by Crippen LogP contribution is -2.08. The molecule has 6 N–H and O–H groups in total. The molecular formula is C48H48N4. The SMILES string of the molecule is CC.NCc1ccc(-c2ccc(-n3c4c(c5c6ccccc6ccc53)-c3ccccc3CC4)cc2)cc1.NCc1ccccc1.Nc1ccccc1. The number of fused-ring (bicyclic) bond motifs is 7. The Kier molecular flexibility index (Phi) is 12.0. The number of nitrogen functional groups attached to an aromatic ring is 1. The molecule has 0 saturated carbocycles. The van der Waals surface area contributed by atoms with Crippen LogP contribution in [0.5, 0.6) is 0 Å². The van der Waals surface area contributed by atoms with Gasteiger partial charge in [0.1, 0.15) is 0 Å². The number of aryl methyl sites for hydroxylation is 1. The summed E-state index contributed by atoms with van der Waals surface area (Å²) < 4.78 is 2.49. The third-order valence-electron chi connectivity index (χ3n) is 9.40. The number of hydrogen-bond donors (Lipinski definition) is 3. The predicted molar refractivity (Wildman–Crippen MR) is 223 cm³/mol. The Hall–Kier alpha value is -5.94. The van der Waals surface area contributed by atoms with Crippen LogP contribution in [0.2, 0.25) is 0 Å². The fourth-order valence-corrected chi connectivity index (χ4v) is 6.87. The first-order chi connectivity index (χ1) is 25.6. The highest BCUT2D eigenvalue weighted by atomic mass is 15.0. The normalized spacial score (nSPS) is 11.2. The molecule has 9 rings (SSSR count). The molecule has 1 aliphatic rings. The minimum absolute atomic E-state index is 0.572. The Morgan fingerprint density at radius 1 is 0.519 bits per heavy atom. The van der Waals surface area contributed by atoms with Crippen LogP contribution in [-0.4, -0.2) is 4.57 Å². The lowest BCUT2D eigenvalue weighted by Gasteiger charge is -2.19. The molecule has 0 fully saturated rings. The van der Waals surface area contributed by atoms with Gasteiger partial charge in [0.2, 0.25) is 0 Å². The largest absolute Gasteiger partial charge is 0.399 e. The summed E-state index contributed by atoms with van der Waals surface area (Å²) in [6, 6.07) is 59.3. The summed E-state index contributed by atoms with van der Waals surface area (Å²) in [6.07, 6.45) is 2.11. The number of nitrogens with zero attached hydrogens (tertiary/aromatic N) is 1. The molecule has 0 bridgehead atoms. The Morgan fingerprint density at radius 3 is 1.69 bits per heavy atom. The zero-order valence-corrected chi connectivity index (χ0v) is 30.2. The molecule has 0 saturated heterocycles. The molecule has 4 nitrogen and oxygen atoms in total. The van der Waals surface area contributed by atoms with E-state index in [1.807, 2.05) is 74.5 Å². The van der Waals surface area contributed by atoms with Crippen LogP contribution in [0.1, 0.15) is 36.2 Å². The quantitative estimate of drug-likeness (QED) is 0.162. The van der Waals surface area contributed by atoms with Crippen LogP contribution >= 0.6 is 0 Å². The summed E-state index contributed by atoms with van der Waals surface area (Å²) in [5.41, 5.74) is 30.2. The summed E-state index contributed by atoms with van der Waals surface area (Å²) >= 11 is 0. The molecule has 0 spiro atoms. The van der Waals surface area contributed by atoms with Crippen molar-refractivity contribution in [1.82, 2.24) is 4.57 Å². The second kappa shape index (κ2) is 17.3. The van der Waals surface area contributed by atoms with E-state index >= 15 is 0 Å².